The van der Waals surface area contributed by atoms with E-state index in [1.807, 2.05) is 32.0 Å². The quantitative estimate of drug-likeness (QED) is 0.619. The second kappa shape index (κ2) is 8.77. The topological polar surface area (TPSA) is 127 Å². The lowest BCUT2D eigenvalue weighted by atomic mass is 9.90. The van der Waals surface area contributed by atoms with Crippen LogP contribution in [-0.4, -0.2) is 59.9 Å². The van der Waals surface area contributed by atoms with Gasteiger partial charge in [0.1, 0.15) is 23.5 Å². The van der Waals surface area contributed by atoms with Crippen LogP contribution in [0.1, 0.15) is 43.6 Å². The van der Waals surface area contributed by atoms with Crippen molar-refractivity contribution < 1.29 is 19.1 Å². The van der Waals surface area contributed by atoms with E-state index in [0.29, 0.717) is 37.4 Å². The average Bonchev–Trinajstić information content (AvgIpc) is 3.48. The Morgan fingerprint density at radius 1 is 1.39 bits per heavy atom. The molecule has 2 saturated heterocycles. The molecule has 2 fully saturated rings. The first kappa shape index (κ1) is 22.6. The third-order valence-electron chi connectivity index (χ3n) is 6.51. The smallest absolute Gasteiger partial charge is 0.271 e. The summed E-state index contributed by atoms with van der Waals surface area (Å²) in [6.45, 7) is 5.03. The molecule has 3 heterocycles. The van der Waals surface area contributed by atoms with Gasteiger partial charge in [-0.15, -0.1) is 0 Å². The Balaban J connectivity index is 1.53. The third kappa shape index (κ3) is 4.51. The molecule has 3 atom stereocenters. The Labute approximate surface area is 192 Å². The lowest BCUT2D eigenvalue weighted by molar-refractivity contribution is -0.126. The summed E-state index contributed by atoms with van der Waals surface area (Å²) in [6, 6.07) is 7.88. The molecule has 2 aliphatic rings. The van der Waals surface area contributed by atoms with Gasteiger partial charge in [-0.3, -0.25) is 14.4 Å². The lowest BCUT2D eigenvalue weighted by Crippen LogP contribution is -2.49. The number of nitrogens with one attached hydrogen (secondary N) is 3. The molecule has 3 amide bonds. The number of hydrogen-bond acceptors (Lipinski definition) is 5. The predicted molar refractivity (Wildman–Crippen MR) is 121 cm³/mol. The molecule has 0 spiro atoms. The van der Waals surface area contributed by atoms with Crippen molar-refractivity contribution in [1.29, 1.82) is 5.26 Å². The van der Waals surface area contributed by atoms with Gasteiger partial charge in [-0.1, -0.05) is 19.9 Å². The fourth-order valence-corrected chi connectivity index (χ4v) is 4.86. The number of carbonyl (C=O) groups is 3. The molecule has 0 bridgehead atoms. The normalized spacial score (nSPS) is 22.6. The minimum absolute atomic E-state index is 0.0856. The summed E-state index contributed by atoms with van der Waals surface area (Å²) < 4.78 is 5.39. The van der Waals surface area contributed by atoms with Crippen LogP contribution in [0.5, 0.6) is 5.75 Å². The minimum Gasteiger partial charge on any atom is -0.496 e. The first-order valence-corrected chi connectivity index (χ1v) is 11.2. The van der Waals surface area contributed by atoms with Crippen LogP contribution in [0, 0.1) is 22.7 Å². The van der Waals surface area contributed by atoms with Crippen LogP contribution in [0.2, 0.25) is 0 Å². The highest BCUT2D eigenvalue weighted by Gasteiger charge is 2.44. The largest absolute Gasteiger partial charge is 0.496 e. The van der Waals surface area contributed by atoms with Gasteiger partial charge in [0.05, 0.1) is 13.2 Å². The monoisotopic (exact) mass is 451 g/mol. The molecule has 1 aromatic heterocycles. The highest BCUT2D eigenvalue weighted by Crippen LogP contribution is 2.36. The number of ether oxygens (including phenoxy) is 1. The summed E-state index contributed by atoms with van der Waals surface area (Å²) in [5, 5.41) is 15.9. The Hall–Kier alpha value is -3.54. The summed E-state index contributed by atoms with van der Waals surface area (Å²) in [6.07, 6.45) is 1.40. The Kier molecular flexibility index (Phi) is 6.02. The van der Waals surface area contributed by atoms with E-state index < -0.39 is 12.1 Å². The first-order valence-electron chi connectivity index (χ1n) is 11.2. The van der Waals surface area contributed by atoms with E-state index in [2.05, 4.69) is 21.7 Å². The van der Waals surface area contributed by atoms with E-state index in [1.165, 1.54) is 0 Å². The van der Waals surface area contributed by atoms with E-state index in [0.717, 1.165) is 10.9 Å². The van der Waals surface area contributed by atoms with Gasteiger partial charge in [0, 0.05) is 29.9 Å². The molecule has 2 aromatic rings. The molecule has 0 unspecified atom stereocenters. The summed E-state index contributed by atoms with van der Waals surface area (Å²) in [4.78, 5) is 43.2. The molecule has 9 nitrogen and oxygen atoms in total. The van der Waals surface area contributed by atoms with Crippen molar-refractivity contribution in [3.05, 3.63) is 30.0 Å². The van der Waals surface area contributed by atoms with Crippen molar-refractivity contribution in [3.8, 4) is 11.8 Å². The van der Waals surface area contributed by atoms with Crippen LogP contribution in [-0.2, 0) is 9.59 Å². The number of aromatic amines is 1. The number of rotatable bonds is 6. The zero-order chi connectivity index (χ0) is 23.8. The number of H-pyrrole nitrogens is 1. The first-order chi connectivity index (χ1) is 15.7. The SMILES string of the molecule is COc1cccc2[nH]c(C(=O)N3CC(C)(C)C[C@@H]3C(=O)N[C@H](C#N)C[C@@H]3CCNC3=O)cc12. The van der Waals surface area contributed by atoms with Crippen molar-refractivity contribution in [2.75, 3.05) is 20.2 Å². The molecular formula is C24H29N5O4. The second-order valence-corrected chi connectivity index (χ2v) is 9.62. The molecule has 4 rings (SSSR count). The molecule has 3 N–H and O–H groups in total. The summed E-state index contributed by atoms with van der Waals surface area (Å²) in [5.74, 6) is -0.353. The summed E-state index contributed by atoms with van der Waals surface area (Å²) >= 11 is 0. The number of methoxy groups -OCH3 is 1. The minimum atomic E-state index is -0.788. The van der Waals surface area contributed by atoms with Crippen molar-refractivity contribution in [2.45, 2.75) is 45.2 Å². The maximum atomic E-state index is 13.5. The van der Waals surface area contributed by atoms with Crippen molar-refractivity contribution >= 4 is 28.6 Å². The van der Waals surface area contributed by atoms with Crippen LogP contribution in [0.4, 0.5) is 0 Å². The van der Waals surface area contributed by atoms with Gasteiger partial charge in [-0.2, -0.15) is 5.26 Å². The number of hydrogen-bond donors (Lipinski definition) is 3. The highest BCUT2D eigenvalue weighted by atomic mass is 16.5. The molecular weight excluding hydrogens is 422 g/mol. The van der Waals surface area contributed by atoms with Gasteiger partial charge < -0.3 is 25.3 Å². The van der Waals surface area contributed by atoms with Gasteiger partial charge in [-0.05, 0) is 42.9 Å². The molecule has 0 aliphatic carbocycles. The number of nitrogens with zero attached hydrogens (tertiary/aromatic N) is 2. The Morgan fingerprint density at radius 2 is 2.18 bits per heavy atom. The molecule has 2 aliphatic heterocycles. The van der Waals surface area contributed by atoms with Crippen molar-refractivity contribution in [3.63, 3.8) is 0 Å². The van der Waals surface area contributed by atoms with E-state index in [4.69, 9.17) is 4.74 Å². The van der Waals surface area contributed by atoms with Gasteiger partial charge >= 0.3 is 0 Å². The molecule has 0 saturated carbocycles. The molecule has 1 aromatic carbocycles. The number of aromatic nitrogens is 1. The number of fused-ring (bicyclic) bond motifs is 1. The van der Waals surface area contributed by atoms with Gasteiger partial charge in [0.2, 0.25) is 11.8 Å². The molecule has 0 radical (unpaired) electrons. The van der Waals surface area contributed by atoms with E-state index in [9.17, 15) is 19.6 Å². The number of benzene rings is 1. The fourth-order valence-electron chi connectivity index (χ4n) is 4.86. The maximum Gasteiger partial charge on any atom is 0.271 e. The van der Waals surface area contributed by atoms with Crippen LogP contribution < -0.4 is 15.4 Å². The average molecular weight is 452 g/mol. The summed E-state index contributed by atoms with van der Waals surface area (Å²) in [5.41, 5.74) is 0.899. The van der Waals surface area contributed by atoms with Crippen LogP contribution >= 0.6 is 0 Å². The second-order valence-electron chi connectivity index (χ2n) is 9.62. The Bertz CT molecular complexity index is 1130. The van der Waals surface area contributed by atoms with E-state index in [1.54, 1.807) is 18.1 Å². The number of nitriles is 1. The maximum absolute atomic E-state index is 13.5. The molecule has 9 heteroatoms. The zero-order valence-electron chi connectivity index (χ0n) is 19.1. The number of likely N-dealkylation sites (tertiary alicyclic amines) is 1. The number of amides is 3. The van der Waals surface area contributed by atoms with Crippen LogP contribution in [0.25, 0.3) is 10.9 Å². The highest BCUT2D eigenvalue weighted by molar-refractivity contribution is 6.01. The lowest BCUT2D eigenvalue weighted by Gasteiger charge is -2.25. The van der Waals surface area contributed by atoms with Crippen molar-refractivity contribution in [2.24, 2.45) is 11.3 Å². The third-order valence-corrected chi connectivity index (χ3v) is 6.51. The summed E-state index contributed by atoms with van der Waals surface area (Å²) in [7, 11) is 1.58. The van der Waals surface area contributed by atoms with Gasteiger partial charge in [0.25, 0.3) is 5.91 Å². The standard InChI is InChI=1S/C24H29N5O4/c1-24(2)11-19(22(31)27-15(12-25)9-14-7-8-26-21(14)30)29(13-24)23(32)18-10-16-17(28-18)5-4-6-20(16)33-3/h4-6,10,14-15,19,28H,7-9,11,13H2,1-3H3,(H,26,30)(H,27,31)/t14-,15-,19+/m0/s1. The fraction of sp³-hybridized carbons (Fsp3) is 0.500. The van der Waals surface area contributed by atoms with Gasteiger partial charge in [-0.25, -0.2) is 0 Å². The zero-order valence-corrected chi connectivity index (χ0v) is 19.1. The Morgan fingerprint density at radius 3 is 2.85 bits per heavy atom. The molecule has 33 heavy (non-hydrogen) atoms. The van der Waals surface area contributed by atoms with E-state index >= 15 is 0 Å². The molecule has 174 valence electrons. The van der Waals surface area contributed by atoms with Crippen molar-refractivity contribution in [1.82, 2.24) is 20.5 Å². The predicted octanol–water partition coefficient (Wildman–Crippen LogP) is 1.95. The van der Waals surface area contributed by atoms with Crippen LogP contribution in [0.3, 0.4) is 0 Å². The van der Waals surface area contributed by atoms with Crippen LogP contribution in [0.15, 0.2) is 24.3 Å². The van der Waals surface area contributed by atoms with E-state index in [-0.39, 0.29) is 35.5 Å². The van der Waals surface area contributed by atoms with Gasteiger partial charge in [0.15, 0.2) is 0 Å². The number of carbonyl (C=O) groups excluding carboxylic acids is 3.